The quantitative estimate of drug-likeness (QED) is 0.169. The average molecular weight is 531 g/mol. The van der Waals surface area contributed by atoms with Gasteiger partial charge in [-0.15, -0.1) is 28.1 Å². The maximum Gasteiger partial charge on any atom is 0.341 e. The number of thioether (sulfide) groups is 1. The van der Waals surface area contributed by atoms with Gasteiger partial charge in [-0.3, -0.25) is 4.79 Å². The second kappa shape index (κ2) is 11.9. The lowest BCUT2D eigenvalue weighted by molar-refractivity contribution is -0.113. The van der Waals surface area contributed by atoms with Crippen LogP contribution in [0.25, 0.3) is 0 Å². The third-order valence-electron chi connectivity index (χ3n) is 5.78. The summed E-state index contributed by atoms with van der Waals surface area (Å²) in [5.74, 6) is 0.318. The van der Waals surface area contributed by atoms with Gasteiger partial charge in [0.05, 0.1) is 18.4 Å². The second-order valence-electron chi connectivity index (χ2n) is 8.20. The van der Waals surface area contributed by atoms with E-state index >= 15 is 0 Å². The second-order valence-corrected chi connectivity index (χ2v) is 10.7. The van der Waals surface area contributed by atoms with Crippen LogP contribution in [0.15, 0.2) is 42.1 Å². The summed E-state index contributed by atoms with van der Waals surface area (Å²) in [6.07, 6.45) is 7.40. The number of halogens is 1. The largest absolute Gasteiger partial charge is 0.465 e. The van der Waals surface area contributed by atoms with Crippen molar-refractivity contribution in [1.29, 1.82) is 0 Å². The molecule has 1 aliphatic carbocycles. The number of hydrogen-bond acceptors (Lipinski definition) is 7. The lowest BCUT2D eigenvalue weighted by Crippen LogP contribution is -2.17. The number of hydrogen-bond donors (Lipinski definition) is 1. The van der Waals surface area contributed by atoms with Crippen LogP contribution in [0.1, 0.15) is 51.4 Å². The number of anilines is 1. The zero-order chi connectivity index (χ0) is 24.8. The van der Waals surface area contributed by atoms with Crippen LogP contribution in [0.3, 0.4) is 0 Å². The third-order valence-corrected chi connectivity index (χ3v) is 8.20. The fourth-order valence-electron chi connectivity index (χ4n) is 4.10. The number of nitrogens with one attached hydrogen (secondary N) is 1. The summed E-state index contributed by atoms with van der Waals surface area (Å²) in [4.78, 5) is 26.5. The summed E-state index contributed by atoms with van der Waals surface area (Å²) in [5, 5.41) is 13.5. The van der Waals surface area contributed by atoms with E-state index < -0.39 is 5.97 Å². The van der Waals surface area contributed by atoms with Gasteiger partial charge in [0, 0.05) is 22.9 Å². The van der Waals surface area contributed by atoms with Crippen LogP contribution in [-0.2, 0) is 35.3 Å². The molecule has 1 amide bonds. The van der Waals surface area contributed by atoms with Crippen molar-refractivity contribution < 1.29 is 14.3 Å². The highest BCUT2D eigenvalue weighted by atomic mass is 35.5. The summed E-state index contributed by atoms with van der Waals surface area (Å²) in [6.45, 7) is 4.37. The molecule has 7 nitrogen and oxygen atoms in total. The minimum atomic E-state index is -0.398. The Labute approximate surface area is 217 Å². The summed E-state index contributed by atoms with van der Waals surface area (Å²) in [5.41, 5.74) is 2.60. The molecule has 0 unspecified atom stereocenters. The van der Waals surface area contributed by atoms with Crippen LogP contribution in [-0.4, -0.2) is 39.5 Å². The predicted octanol–water partition coefficient (Wildman–Crippen LogP) is 5.56. The van der Waals surface area contributed by atoms with Gasteiger partial charge in [0.1, 0.15) is 10.8 Å². The van der Waals surface area contributed by atoms with Crippen molar-refractivity contribution in [2.24, 2.45) is 0 Å². The number of rotatable bonds is 9. The van der Waals surface area contributed by atoms with Crippen molar-refractivity contribution in [1.82, 2.24) is 14.8 Å². The molecule has 0 fully saturated rings. The Morgan fingerprint density at radius 3 is 2.74 bits per heavy atom. The van der Waals surface area contributed by atoms with E-state index in [9.17, 15) is 9.59 Å². The Balaban J connectivity index is 1.46. The van der Waals surface area contributed by atoms with E-state index in [1.165, 1.54) is 35.1 Å². The van der Waals surface area contributed by atoms with Gasteiger partial charge in [0.15, 0.2) is 5.16 Å². The zero-order valence-electron chi connectivity index (χ0n) is 19.5. The Kier molecular flexibility index (Phi) is 8.64. The molecule has 35 heavy (non-hydrogen) atoms. The molecular formula is C25H27ClN4O3S2. The van der Waals surface area contributed by atoms with Crippen molar-refractivity contribution >= 4 is 51.6 Å². The fraction of sp³-hybridized carbons (Fsp3) is 0.360. The van der Waals surface area contributed by atoms with Crippen LogP contribution in [0.2, 0.25) is 5.02 Å². The summed E-state index contributed by atoms with van der Waals surface area (Å²) < 4.78 is 6.98. The summed E-state index contributed by atoms with van der Waals surface area (Å²) in [7, 11) is 1.37. The van der Waals surface area contributed by atoms with Crippen LogP contribution < -0.4 is 5.32 Å². The van der Waals surface area contributed by atoms with Gasteiger partial charge in [-0.1, -0.05) is 48.0 Å². The van der Waals surface area contributed by atoms with Crippen molar-refractivity contribution in [2.75, 3.05) is 18.2 Å². The number of allylic oxidation sites excluding steroid dienone is 1. The van der Waals surface area contributed by atoms with Gasteiger partial charge >= 0.3 is 5.97 Å². The van der Waals surface area contributed by atoms with Crippen LogP contribution >= 0.6 is 34.7 Å². The highest BCUT2D eigenvalue weighted by molar-refractivity contribution is 7.99. The molecule has 184 valence electrons. The molecule has 0 saturated carbocycles. The first kappa shape index (κ1) is 25.5. The molecule has 2 heterocycles. The predicted molar refractivity (Wildman–Crippen MR) is 141 cm³/mol. The van der Waals surface area contributed by atoms with Gasteiger partial charge in [0.25, 0.3) is 0 Å². The molecule has 2 aromatic heterocycles. The average Bonchev–Trinajstić information content (AvgIpc) is 3.30. The minimum absolute atomic E-state index is 0.138. The molecule has 1 N–H and O–H groups in total. The van der Waals surface area contributed by atoms with Gasteiger partial charge in [0.2, 0.25) is 5.91 Å². The number of amides is 1. The number of methoxy groups -OCH3 is 1. The number of nitrogens with zero attached hydrogens (tertiary/aromatic N) is 3. The highest BCUT2D eigenvalue weighted by Crippen LogP contribution is 2.38. The molecular weight excluding hydrogens is 504 g/mol. The van der Waals surface area contributed by atoms with E-state index in [0.717, 1.165) is 49.1 Å². The maximum atomic E-state index is 12.9. The van der Waals surface area contributed by atoms with E-state index in [0.29, 0.717) is 33.7 Å². The van der Waals surface area contributed by atoms with E-state index in [2.05, 4.69) is 22.1 Å². The van der Waals surface area contributed by atoms with E-state index in [1.54, 1.807) is 6.08 Å². The number of ether oxygens (including phenoxy) is 1. The monoisotopic (exact) mass is 530 g/mol. The van der Waals surface area contributed by atoms with E-state index in [1.807, 2.05) is 28.8 Å². The van der Waals surface area contributed by atoms with Gasteiger partial charge in [-0.2, -0.15) is 0 Å². The first-order valence-corrected chi connectivity index (χ1v) is 13.6. The van der Waals surface area contributed by atoms with Crippen molar-refractivity contribution in [3.8, 4) is 0 Å². The first-order valence-electron chi connectivity index (χ1n) is 11.4. The Morgan fingerprint density at radius 2 is 2.00 bits per heavy atom. The Bertz CT molecular complexity index is 1220. The number of carbonyl (C=O) groups excluding carboxylic acids is 2. The Morgan fingerprint density at radius 1 is 1.23 bits per heavy atom. The summed E-state index contributed by atoms with van der Waals surface area (Å²) in [6, 6.07) is 7.60. The van der Waals surface area contributed by atoms with Gasteiger partial charge < -0.3 is 14.6 Å². The molecule has 0 saturated heterocycles. The molecule has 1 aromatic carbocycles. The minimum Gasteiger partial charge on any atom is -0.465 e. The van der Waals surface area contributed by atoms with Gasteiger partial charge in [-0.25, -0.2) is 4.79 Å². The van der Waals surface area contributed by atoms with Crippen LogP contribution in [0.4, 0.5) is 5.00 Å². The van der Waals surface area contributed by atoms with Gasteiger partial charge in [-0.05, 0) is 48.9 Å². The molecule has 3 aromatic rings. The number of carbonyl (C=O) groups is 2. The molecule has 0 bridgehead atoms. The zero-order valence-corrected chi connectivity index (χ0v) is 21.9. The van der Waals surface area contributed by atoms with Crippen LogP contribution in [0, 0.1) is 0 Å². The highest BCUT2D eigenvalue weighted by Gasteiger charge is 2.26. The normalized spacial score (nSPS) is 13.1. The molecule has 4 rings (SSSR count). The first-order chi connectivity index (χ1) is 17.0. The Hall–Kier alpha value is -2.62. The summed E-state index contributed by atoms with van der Waals surface area (Å²) >= 11 is 8.78. The number of aryl methyl sites for hydroxylation is 1. The lowest BCUT2D eigenvalue weighted by atomic mass is 10.1. The van der Waals surface area contributed by atoms with Crippen molar-refractivity contribution in [3.05, 3.63) is 69.3 Å². The number of fused-ring (bicyclic) bond motifs is 1. The van der Waals surface area contributed by atoms with E-state index in [-0.39, 0.29) is 11.7 Å². The third kappa shape index (κ3) is 6.15. The molecule has 0 spiro atoms. The van der Waals surface area contributed by atoms with Crippen LogP contribution in [0.5, 0.6) is 0 Å². The number of aromatic nitrogens is 3. The molecule has 0 aliphatic heterocycles. The fourth-order valence-corrected chi connectivity index (χ4v) is 6.28. The number of esters is 1. The number of thiophene rings is 1. The van der Waals surface area contributed by atoms with Crippen molar-refractivity contribution in [2.45, 2.75) is 50.2 Å². The molecule has 1 aliphatic rings. The lowest BCUT2D eigenvalue weighted by Gasteiger charge is -2.09. The molecule has 0 radical (unpaired) electrons. The standard InChI is InChI=1S/C25H27ClN4O3S2/c1-3-13-30-20(14-16-9-11-17(26)12-10-16)28-29-25(30)34-15-21(31)27-23-22(24(32)33-2)18-7-5-4-6-8-19(18)35-23/h3,9-12H,1,4-8,13-15H2,2H3,(H,27,31). The SMILES string of the molecule is C=CCn1c(Cc2ccc(Cl)cc2)nnc1SCC(=O)Nc1sc2c(c1C(=O)OC)CCCCC2. The smallest absolute Gasteiger partial charge is 0.341 e. The number of benzene rings is 1. The maximum absolute atomic E-state index is 12.9. The van der Waals surface area contributed by atoms with E-state index in [4.69, 9.17) is 16.3 Å². The topological polar surface area (TPSA) is 86.1 Å². The van der Waals surface area contributed by atoms with Crippen molar-refractivity contribution in [3.63, 3.8) is 0 Å². The molecule has 10 heteroatoms. The molecule has 0 atom stereocenters.